The summed E-state index contributed by atoms with van der Waals surface area (Å²) < 4.78 is 39.6. The van der Waals surface area contributed by atoms with Crippen LogP contribution in [0, 0.1) is 0 Å². The van der Waals surface area contributed by atoms with Gasteiger partial charge in [0.05, 0.1) is 16.0 Å². The molecule has 0 spiro atoms. The van der Waals surface area contributed by atoms with Gasteiger partial charge in [-0.25, -0.2) is 4.79 Å². The predicted octanol–water partition coefficient (Wildman–Crippen LogP) is 3.96. The number of nitrogen functional groups attached to an aromatic ring is 1. The number of benzene rings is 1. The maximum absolute atomic E-state index is 13.2. The SMILES string of the molecule is Nc1sc2c(c1C(=O)O)CC(c1ccccc1C(F)(F)F)CC2=O. The number of hydrogen-bond acceptors (Lipinski definition) is 4. The molecule has 1 aliphatic rings. The fourth-order valence-corrected chi connectivity index (χ4v) is 4.14. The zero-order valence-corrected chi connectivity index (χ0v) is 13.0. The van der Waals surface area contributed by atoms with Crippen molar-refractivity contribution < 1.29 is 27.9 Å². The molecule has 1 aliphatic carbocycles. The van der Waals surface area contributed by atoms with Crippen LogP contribution in [0.25, 0.3) is 0 Å². The lowest BCUT2D eigenvalue weighted by Crippen LogP contribution is -2.21. The van der Waals surface area contributed by atoms with Crippen LogP contribution < -0.4 is 5.73 Å². The number of alkyl halides is 3. The highest BCUT2D eigenvalue weighted by Crippen LogP contribution is 2.44. The minimum absolute atomic E-state index is 0.00473. The fraction of sp³-hybridized carbons (Fsp3) is 0.250. The largest absolute Gasteiger partial charge is 0.478 e. The Bertz CT molecular complexity index is 842. The number of carbonyl (C=O) groups excluding carboxylic acids is 1. The molecule has 0 fully saturated rings. The molecule has 2 aromatic rings. The Labute approximate surface area is 138 Å². The first kappa shape index (κ1) is 16.5. The van der Waals surface area contributed by atoms with Crippen LogP contribution >= 0.6 is 11.3 Å². The lowest BCUT2D eigenvalue weighted by atomic mass is 9.80. The van der Waals surface area contributed by atoms with Crippen molar-refractivity contribution in [3.8, 4) is 0 Å². The van der Waals surface area contributed by atoms with E-state index in [4.69, 9.17) is 5.73 Å². The molecule has 1 heterocycles. The van der Waals surface area contributed by atoms with Crippen LogP contribution in [0.1, 0.15) is 49.1 Å². The number of carboxylic acid groups (broad SMARTS) is 1. The zero-order chi connectivity index (χ0) is 17.6. The summed E-state index contributed by atoms with van der Waals surface area (Å²) in [6, 6.07) is 5.07. The smallest absolute Gasteiger partial charge is 0.416 e. The minimum Gasteiger partial charge on any atom is -0.478 e. The van der Waals surface area contributed by atoms with E-state index < -0.39 is 23.6 Å². The van der Waals surface area contributed by atoms with Crippen molar-refractivity contribution in [2.45, 2.75) is 24.9 Å². The number of hydrogen-bond donors (Lipinski definition) is 2. The number of carboxylic acids is 1. The monoisotopic (exact) mass is 355 g/mol. The molecular formula is C16H12F3NO3S. The van der Waals surface area contributed by atoms with E-state index in [1.165, 1.54) is 18.2 Å². The number of Topliss-reactive ketones (excluding diaryl/α,β-unsaturated/α-hetero) is 1. The first-order valence-electron chi connectivity index (χ1n) is 7.04. The van der Waals surface area contributed by atoms with Crippen LogP contribution in [-0.2, 0) is 12.6 Å². The third-order valence-corrected chi connectivity index (χ3v) is 5.19. The van der Waals surface area contributed by atoms with Crippen molar-refractivity contribution in [3.63, 3.8) is 0 Å². The molecule has 3 N–H and O–H groups in total. The minimum atomic E-state index is -4.54. The highest BCUT2D eigenvalue weighted by molar-refractivity contribution is 7.18. The second kappa shape index (κ2) is 5.62. The Morgan fingerprint density at radius 1 is 1.25 bits per heavy atom. The summed E-state index contributed by atoms with van der Waals surface area (Å²) in [5, 5.41) is 9.28. The van der Waals surface area contributed by atoms with Crippen LogP contribution in [0.2, 0.25) is 0 Å². The molecule has 3 rings (SSSR count). The highest BCUT2D eigenvalue weighted by atomic mass is 32.1. The number of rotatable bonds is 2. The lowest BCUT2D eigenvalue weighted by molar-refractivity contribution is -0.138. The van der Waals surface area contributed by atoms with Crippen molar-refractivity contribution in [3.05, 3.63) is 51.4 Å². The molecule has 1 aromatic heterocycles. The quantitative estimate of drug-likeness (QED) is 0.854. The van der Waals surface area contributed by atoms with Crippen LogP contribution in [-0.4, -0.2) is 16.9 Å². The Morgan fingerprint density at radius 2 is 1.92 bits per heavy atom. The summed E-state index contributed by atoms with van der Waals surface area (Å²) >= 11 is 0.885. The van der Waals surface area contributed by atoms with Gasteiger partial charge in [-0.05, 0) is 29.5 Å². The number of halogens is 3. The molecule has 0 bridgehead atoms. The molecule has 24 heavy (non-hydrogen) atoms. The van der Waals surface area contributed by atoms with Crippen molar-refractivity contribution in [2.24, 2.45) is 0 Å². The molecule has 8 heteroatoms. The first-order valence-corrected chi connectivity index (χ1v) is 7.85. The summed E-state index contributed by atoms with van der Waals surface area (Å²) in [6.45, 7) is 0. The van der Waals surface area contributed by atoms with Crippen molar-refractivity contribution in [1.29, 1.82) is 0 Å². The van der Waals surface area contributed by atoms with E-state index in [1.54, 1.807) is 0 Å². The summed E-state index contributed by atoms with van der Waals surface area (Å²) in [5.74, 6) is -2.38. The number of carbonyl (C=O) groups is 2. The summed E-state index contributed by atoms with van der Waals surface area (Å²) in [4.78, 5) is 23.9. The molecule has 1 unspecified atom stereocenters. The van der Waals surface area contributed by atoms with E-state index >= 15 is 0 Å². The Balaban J connectivity index is 2.09. The normalized spacial score (nSPS) is 17.6. The standard InChI is InChI=1S/C16H12F3NO3S/c17-16(18,19)10-4-2-1-3-8(10)7-5-9-12(15(22)23)14(20)24-13(9)11(21)6-7/h1-4,7H,5-6,20H2,(H,22,23). The second-order valence-electron chi connectivity index (χ2n) is 5.57. The van der Waals surface area contributed by atoms with Gasteiger partial charge < -0.3 is 10.8 Å². The number of ketones is 1. The molecule has 1 aromatic carbocycles. The molecule has 0 aliphatic heterocycles. The fourth-order valence-electron chi connectivity index (χ4n) is 3.11. The third-order valence-electron chi connectivity index (χ3n) is 4.09. The van der Waals surface area contributed by atoms with Gasteiger partial charge >= 0.3 is 12.1 Å². The molecule has 0 radical (unpaired) electrons. The van der Waals surface area contributed by atoms with E-state index in [-0.39, 0.29) is 45.2 Å². The number of nitrogens with two attached hydrogens (primary N) is 1. The van der Waals surface area contributed by atoms with Crippen molar-refractivity contribution in [2.75, 3.05) is 5.73 Å². The highest BCUT2D eigenvalue weighted by Gasteiger charge is 2.39. The number of thiophene rings is 1. The van der Waals surface area contributed by atoms with Gasteiger partial charge in [0, 0.05) is 6.42 Å². The molecule has 0 amide bonds. The van der Waals surface area contributed by atoms with E-state index in [1.807, 2.05) is 0 Å². The number of anilines is 1. The first-order chi connectivity index (χ1) is 11.2. The van der Waals surface area contributed by atoms with E-state index in [0.29, 0.717) is 0 Å². The maximum Gasteiger partial charge on any atom is 0.416 e. The molecule has 0 saturated heterocycles. The maximum atomic E-state index is 13.2. The van der Waals surface area contributed by atoms with Crippen LogP contribution in [0.4, 0.5) is 18.2 Å². The average molecular weight is 355 g/mol. The Morgan fingerprint density at radius 3 is 2.54 bits per heavy atom. The average Bonchev–Trinajstić information content (AvgIpc) is 2.83. The molecule has 126 valence electrons. The number of fused-ring (bicyclic) bond motifs is 1. The van der Waals surface area contributed by atoms with Gasteiger partial charge in [0.25, 0.3) is 0 Å². The second-order valence-corrected chi connectivity index (χ2v) is 6.62. The lowest BCUT2D eigenvalue weighted by Gasteiger charge is -2.25. The van der Waals surface area contributed by atoms with Gasteiger partial charge in [0.1, 0.15) is 5.00 Å². The molecule has 0 saturated carbocycles. The molecule has 4 nitrogen and oxygen atoms in total. The van der Waals surface area contributed by atoms with Gasteiger partial charge in [0.2, 0.25) is 0 Å². The Kier molecular flexibility index (Phi) is 3.87. The van der Waals surface area contributed by atoms with Crippen LogP contribution in [0.5, 0.6) is 0 Å². The van der Waals surface area contributed by atoms with Crippen LogP contribution in [0.15, 0.2) is 24.3 Å². The number of aromatic carboxylic acids is 1. The summed E-state index contributed by atoms with van der Waals surface area (Å²) in [5.41, 5.74) is 4.95. The molecular weight excluding hydrogens is 343 g/mol. The summed E-state index contributed by atoms with van der Waals surface area (Å²) in [7, 11) is 0. The third kappa shape index (κ3) is 2.66. The van der Waals surface area contributed by atoms with E-state index in [0.717, 1.165) is 17.4 Å². The predicted molar refractivity (Wildman–Crippen MR) is 82.5 cm³/mol. The van der Waals surface area contributed by atoms with E-state index in [9.17, 15) is 27.9 Å². The van der Waals surface area contributed by atoms with Crippen molar-refractivity contribution in [1.82, 2.24) is 0 Å². The van der Waals surface area contributed by atoms with Gasteiger partial charge in [0.15, 0.2) is 5.78 Å². The van der Waals surface area contributed by atoms with Gasteiger partial charge in [-0.3, -0.25) is 4.79 Å². The molecule has 1 atom stereocenters. The van der Waals surface area contributed by atoms with Gasteiger partial charge in [-0.1, -0.05) is 18.2 Å². The van der Waals surface area contributed by atoms with Crippen LogP contribution in [0.3, 0.4) is 0 Å². The van der Waals surface area contributed by atoms with Gasteiger partial charge in [-0.15, -0.1) is 11.3 Å². The van der Waals surface area contributed by atoms with Crippen molar-refractivity contribution >= 4 is 28.1 Å². The topological polar surface area (TPSA) is 80.4 Å². The zero-order valence-electron chi connectivity index (χ0n) is 12.2. The van der Waals surface area contributed by atoms with E-state index in [2.05, 4.69) is 0 Å². The Hall–Kier alpha value is -2.35. The van der Waals surface area contributed by atoms with Gasteiger partial charge in [-0.2, -0.15) is 13.2 Å². The summed E-state index contributed by atoms with van der Waals surface area (Å²) in [6.07, 6.45) is -4.59.